The number of aryl methyl sites for hydroxylation is 3. The lowest BCUT2D eigenvalue weighted by Crippen LogP contribution is -2.37. The van der Waals surface area contributed by atoms with E-state index in [1.165, 1.54) is 5.56 Å². The fourth-order valence-electron chi connectivity index (χ4n) is 2.16. The Bertz CT molecular complexity index is 597. The molecule has 0 bridgehead atoms. The standard InChI is InChI=1S/C15H25N7/c1-4-16-15(18-11-14-7-9-19-22(14)3)17-8-5-6-13-10-20-21(2)12-13/h7,9-10,12H,4-6,8,11H2,1-3H3,(H2,16,17,18). The number of aliphatic imine (C=N–C) groups is 1. The van der Waals surface area contributed by atoms with E-state index in [1.807, 2.05) is 35.7 Å². The maximum absolute atomic E-state index is 4.58. The molecule has 0 atom stereocenters. The molecule has 2 aromatic rings. The van der Waals surface area contributed by atoms with Gasteiger partial charge in [-0.15, -0.1) is 0 Å². The van der Waals surface area contributed by atoms with Crippen LogP contribution in [0, 0.1) is 0 Å². The summed E-state index contributed by atoms with van der Waals surface area (Å²) in [5, 5.41) is 14.9. The van der Waals surface area contributed by atoms with Crippen LogP contribution in [-0.2, 0) is 27.1 Å². The molecule has 0 aliphatic rings. The number of rotatable bonds is 7. The largest absolute Gasteiger partial charge is 0.357 e. The van der Waals surface area contributed by atoms with Crippen molar-refractivity contribution in [2.45, 2.75) is 26.3 Å². The Balaban J connectivity index is 1.77. The molecular weight excluding hydrogens is 278 g/mol. The van der Waals surface area contributed by atoms with E-state index in [2.05, 4.69) is 38.9 Å². The zero-order chi connectivity index (χ0) is 15.8. The Hall–Kier alpha value is -2.31. The van der Waals surface area contributed by atoms with E-state index < -0.39 is 0 Å². The van der Waals surface area contributed by atoms with Gasteiger partial charge in [0.1, 0.15) is 0 Å². The Morgan fingerprint density at radius 2 is 2.14 bits per heavy atom. The van der Waals surface area contributed by atoms with E-state index in [-0.39, 0.29) is 0 Å². The van der Waals surface area contributed by atoms with Gasteiger partial charge in [-0.1, -0.05) is 0 Å². The van der Waals surface area contributed by atoms with Crippen molar-refractivity contribution in [2.24, 2.45) is 19.1 Å². The summed E-state index contributed by atoms with van der Waals surface area (Å²) in [5.74, 6) is 0.842. The first kappa shape index (κ1) is 16.1. The van der Waals surface area contributed by atoms with Gasteiger partial charge in [-0.3, -0.25) is 9.36 Å². The van der Waals surface area contributed by atoms with Crippen LogP contribution >= 0.6 is 0 Å². The molecule has 0 aliphatic heterocycles. The number of aromatic nitrogens is 4. The second-order valence-corrected chi connectivity index (χ2v) is 5.19. The minimum Gasteiger partial charge on any atom is -0.357 e. The summed E-state index contributed by atoms with van der Waals surface area (Å²) in [6.45, 7) is 4.41. The molecule has 7 heteroatoms. The molecule has 2 rings (SSSR count). The predicted molar refractivity (Wildman–Crippen MR) is 87.6 cm³/mol. The first-order valence-corrected chi connectivity index (χ1v) is 7.65. The van der Waals surface area contributed by atoms with E-state index >= 15 is 0 Å². The summed E-state index contributed by atoms with van der Waals surface area (Å²) in [4.78, 5) is 4.58. The molecule has 0 aromatic carbocycles. The summed E-state index contributed by atoms with van der Waals surface area (Å²) in [7, 11) is 3.87. The van der Waals surface area contributed by atoms with Gasteiger partial charge in [0.05, 0.1) is 18.4 Å². The van der Waals surface area contributed by atoms with E-state index in [4.69, 9.17) is 0 Å². The van der Waals surface area contributed by atoms with Crippen LogP contribution in [0.15, 0.2) is 29.6 Å². The smallest absolute Gasteiger partial charge is 0.191 e. The third-order valence-corrected chi connectivity index (χ3v) is 3.36. The highest BCUT2D eigenvalue weighted by Gasteiger charge is 2.01. The zero-order valence-electron chi connectivity index (χ0n) is 13.6. The van der Waals surface area contributed by atoms with Crippen molar-refractivity contribution < 1.29 is 0 Å². The fourth-order valence-corrected chi connectivity index (χ4v) is 2.16. The number of guanidine groups is 1. The lowest BCUT2D eigenvalue weighted by Gasteiger charge is -2.11. The second-order valence-electron chi connectivity index (χ2n) is 5.19. The molecule has 22 heavy (non-hydrogen) atoms. The van der Waals surface area contributed by atoms with Crippen molar-refractivity contribution in [3.05, 3.63) is 35.9 Å². The van der Waals surface area contributed by atoms with Crippen molar-refractivity contribution in [3.63, 3.8) is 0 Å². The fraction of sp³-hybridized carbons (Fsp3) is 0.533. The Morgan fingerprint density at radius 1 is 1.27 bits per heavy atom. The van der Waals surface area contributed by atoms with Crippen LogP contribution in [0.4, 0.5) is 0 Å². The molecule has 120 valence electrons. The van der Waals surface area contributed by atoms with Crippen LogP contribution in [0.3, 0.4) is 0 Å². The number of nitrogens with one attached hydrogen (secondary N) is 2. The molecule has 2 N–H and O–H groups in total. The molecule has 0 aliphatic carbocycles. The summed E-state index contributed by atoms with van der Waals surface area (Å²) in [6, 6.07) is 1.98. The van der Waals surface area contributed by atoms with Crippen molar-refractivity contribution in [1.29, 1.82) is 0 Å². The predicted octanol–water partition coefficient (Wildman–Crippen LogP) is 0.841. The third-order valence-electron chi connectivity index (χ3n) is 3.36. The summed E-state index contributed by atoms with van der Waals surface area (Å²) < 4.78 is 3.68. The van der Waals surface area contributed by atoms with Gasteiger partial charge in [0.2, 0.25) is 0 Å². The molecule has 0 spiro atoms. The van der Waals surface area contributed by atoms with Crippen LogP contribution < -0.4 is 10.6 Å². The Labute approximate surface area is 131 Å². The van der Waals surface area contributed by atoms with E-state index in [0.717, 1.165) is 37.6 Å². The van der Waals surface area contributed by atoms with Crippen molar-refractivity contribution in [1.82, 2.24) is 30.2 Å². The van der Waals surface area contributed by atoms with Gasteiger partial charge in [0.25, 0.3) is 0 Å². The van der Waals surface area contributed by atoms with Crippen LogP contribution in [0.1, 0.15) is 24.6 Å². The second kappa shape index (κ2) is 8.21. The molecular formula is C15H25N7. The maximum Gasteiger partial charge on any atom is 0.191 e. The highest BCUT2D eigenvalue weighted by atomic mass is 15.3. The topological polar surface area (TPSA) is 72.1 Å². The molecule has 7 nitrogen and oxygen atoms in total. The highest BCUT2D eigenvalue weighted by Crippen LogP contribution is 2.00. The van der Waals surface area contributed by atoms with Gasteiger partial charge in [-0.25, -0.2) is 4.99 Å². The summed E-state index contributed by atoms with van der Waals surface area (Å²) >= 11 is 0. The quantitative estimate of drug-likeness (QED) is 0.452. The minimum absolute atomic E-state index is 0.619. The van der Waals surface area contributed by atoms with Gasteiger partial charge >= 0.3 is 0 Å². The molecule has 0 amide bonds. The third kappa shape index (κ3) is 4.91. The number of nitrogens with zero attached hydrogens (tertiary/aromatic N) is 5. The van der Waals surface area contributed by atoms with Gasteiger partial charge < -0.3 is 10.6 Å². The van der Waals surface area contributed by atoms with Crippen LogP contribution in [0.2, 0.25) is 0 Å². The van der Waals surface area contributed by atoms with Crippen LogP contribution in [0.5, 0.6) is 0 Å². The van der Waals surface area contributed by atoms with E-state index in [1.54, 1.807) is 6.20 Å². The van der Waals surface area contributed by atoms with Crippen molar-refractivity contribution in [3.8, 4) is 0 Å². The Morgan fingerprint density at radius 3 is 2.77 bits per heavy atom. The Kier molecular flexibility index (Phi) is 6.00. The normalized spacial score (nSPS) is 11.7. The maximum atomic E-state index is 4.58. The molecule has 2 aromatic heterocycles. The van der Waals surface area contributed by atoms with Crippen LogP contribution in [-0.4, -0.2) is 38.6 Å². The van der Waals surface area contributed by atoms with Gasteiger partial charge in [-0.2, -0.15) is 10.2 Å². The first-order valence-electron chi connectivity index (χ1n) is 7.65. The summed E-state index contributed by atoms with van der Waals surface area (Å²) in [6.07, 6.45) is 7.83. The van der Waals surface area contributed by atoms with Gasteiger partial charge in [0, 0.05) is 39.6 Å². The molecule has 0 fully saturated rings. The molecule has 0 unspecified atom stereocenters. The minimum atomic E-state index is 0.619. The molecule has 0 saturated carbocycles. The van der Waals surface area contributed by atoms with Crippen molar-refractivity contribution in [2.75, 3.05) is 13.1 Å². The van der Waals surface area contributed by atoms with Gasteiger partial charge in [0.15, 0.2) is 5.96 Å². The number of hydrogen-bond acceptors (Lipinski definition) is 3. The SMILES string of the molecule is CCNC(=NCc1ccnn1C)NCCCc1cnn(C)c1. The van der Waals surface area contributed by atoms with Crippen LogP contribution in [0.25, 0.3) is 0 Å². The molecule has 0 saturated heterocycles. The van der Waals surface area contributed by atoms with Crippen molar-refractivity contribution >= 4 is 5.96 Å². The molecule has 2 heterocycles. The monoisotopic (exact) mass is 303 g/mol. The highest BCUT2D eigenvalue weighted by molar-refractivity contribution is 5.79. The number of hydrogen-bond donors (Lipinski definition) is 2. The molecule has 0 radical (unpaired) electrons. The van der Waals surface area contributed by atoms with Gasteiger partial charge in [-0.05, 0) is 31.4 Å². The lowest BCUT2D eigenvalue weighted by atomic mass is 10.2. The summed E-state index contributed by atoms with van der Waals surface area (Å²) in [5.41, 5.74) is 2.36. The average molecular weight is 303 g/mol. The van der Waals surface area contributed by atoms with E-state index in [9.17, 15) is 0 Å². The first-order chi connectivity index (χ1) is 10.7. The average Bonchev–Trinajstić information content (AvgIpc) is 3.09. The van der Waals surface area contributed by atoms with E-state index in [0.29, 0.717) is 6.54 Å². The zero-order valence-corrected chi connectivity index (χ0v) is 13.6. The lowest BCUT2D eigenvalue weighted by molar-refractivity contribution is 0.703.